The van der Waals surface area contributed by atoms with Gasteiger partial charge in [-0.25, -0.2) is 13.1 Å². The summed E-state index contributed by atoms with van der Waals surface area (Å²) in [5.74, 6) is 0.631. The Balaban J connectivity index is 1.48. The lowest BCUT2D eigenvalue weighted by Gasteiger charge is -2.26. The van der Waals surface area contributed by atoms with Crippen LogP contribution in [0.5, 0.6) is 0 Å². The predicted octanol–water partition coefficient (Wildman–Crippen LogP) is 3.93. The molecule has 2 saturated heterocycles. The molecule has 3 aromatic rings. The molecule has 31 heavy (non-hydrogen) atoms. The third-order valence-electron chi connectivity index (χ3n) is 5.61. The second-order valence-corrected chi connectivity index (χ2v) is 10.8. The van der Waals surface area contributed by atoms with E-state index in [-0.39, 0.29) is 29.8 Å². The van der Waals surface area contributed by atoms with Gasteiger partial charge in [-0.3, -0.25) is 4.98 Å². The molecule has 0 spiro atoms. The first-order valence-electron chi connectivity index (χ1n) is 10.7. The average Bonchev–Trinajstić information content (AvgIpc) is 3.32. The van der Waals surface area contributed by atoms with Crippen molar-refractivity contribution in [3.63, 3.8) is 0 Å². The first-order valence-corrected chi connectivity index (χ1v) is 12.6. The van der Waals surface area contributed by atoms with Crippen LogP contribution in [-0.4, -0.2) is 48.3 Å². The number of anilines is 2. The van der Waals surface area contributed by atoms with Crippen molar-refractivity contribution >= 4 is 32.7 Å². The number of rotatable bonds is 6. The Hall–Kier alpha value is -2.27. The van der Waals surface area contributed by atoms with Crippen LogP contribution in [0.15, 0.2) is 40.8 Å². The summed E-state index contributed by atoms with van der Waals surface area (Å²) < 4.78 is 47.1. The second kappa shape index (κ2) is 8.34. The number of aryl methyl sites for hydroxylation is 1. The lowest BCUT2D eigenvalue weighted by molar-refractivity contribution is -0.0404. The van der Waals surface area contributed by atoms with Gasteiger partial charge in [0.05, 0.1) is 29.8 Å². The van der Waals surface area contributed by atoms with E-state index in [0.29, 0.717) is 21.9 Å². The molecule has 0 amide bonds. The van der Waals surface area contributed by atoms with Crippen molar-refractivity contribution in [2.75, 3.05) is 25.1 Å². The van der Waals surface area contributed by atoms with Crippen LogP contribution >= 0.6 is 11.3 Å². The molecule has 1 atom stereocenters. The molecule has 0 saturated carbocycles. The van der Waals surface area contributed by atoms with Crippen LogP contribution in [0.25, 0.3) is 10.4 Å². The quantitative estimate of drug-likeness (QED) is 0.594. The van der Waals surface area contributed by atoms with Gasteiger partial charge in [0.2, 0.25) is 0 Å². The fourth-order valence-corrected chi connectivity index (χ4v) is 6.18. The van der Waals surface area contributed by atoms with E-state index in [0.717, 1.165) is 42.9 Å². The van der Waals surface area contributed by atoms with E-state index in [9.17, 15) is 8.42 Å². The highest BCUT2D eigenvalue weighted by Crippen LogP contribution is 2.36. The largest absolute Gasteiger partial charge is 0.379 e. The third-order valence-corrected chi connectivity index (χ3v) is 8.46. The van der Waals surface area contributed by atoms with E-state index in [1.165, 1.54) is 0 Å². The molecule has 0 aliphatic carbocycles. The monoisotopic (exact) mass is 461 g/mol. The summed E-state index contributed by atoms with van der Waals surface area (Å²) in [5, 5.41) is 7.32. The zero-order chi connectivity index (χ0) is 22.3. The Morgan fingerprint density at radius 1 is 1.29 bits per heavy atom. The van der Waals surface area contributed by atoms with E-state index in [1.807, 2.05) is 23.7 Å². The number of ether oxygens (including phenoxy) is 2. The SMILES string of the molecule is [2H]c1ncc(-c2ccc(Nc3cc(C)n(C4CCCCO4)n3)cc2S(=O)(=O)C2COC2)s1. The van der Waals surface area contributed by atoms with E-state index in [4.69, 9.17) is 10.8 Å². The van der Waals surface area contributed by atoms with Gasteiger partial charge in [0.1, 0.15) is 5.25 Å². The van der Waals surface area contributed by atoms with Gasteiger partial charge in [0.15, 0.2) is 21.9 Å². The normalized spacial score (nSPS) is 20.3. The van der Waals surface area contributed by atoms with E-state index < -0.39 is 15.1 Å². The molecule has 1 aromatic carbocycles. The molecule has 8 nitrogen and oxygen atoms in total. The van der Waals surface area contributed by atoms with Crippen LogP contribution in [0.1, 0.15) is 32.6 Å². The third kappa shape index (κ3) is 4.00. The summed E-state index contributed by atoms with van der Waals surface area (Å²) in [6.45, 7) is 3.10. The molecule has 1 unspecified atom stereocenters. The van der Waals surface area contributed by atoms with Gasteiger partial charge in [-0.2, -0.15) is 5.10 Å². The highest BCUT2D eigenvalue weighted by Gasteiger charge is 2.36. The van der Waals surface area contributed by atoms with Crippen molar-refractivity contribution < 1.29 is 19.3 Å². The topological polar surface area (TPSA) is 95.3 Å². The van der Waals surface area contributed by atoms with Crippen LogP contribution in [-0.2, 0) is 19.3 Å². The molecule has 5 rings (SSSR count). The lowest BCUT2D eigenvalue weighted by atomic mass is 10.2. The molecular formula is C21H24N4O4S2. The molecule has 1 N–H and O–H groups in total. The maximum absolute atomic E-state index is 13.3. The van der Waals surface area contributed by atoms with Crippen molar-refractivity contribution in [2.45, 2.75) is 42.6 Å². The maximum atomic E-state index is 13.3. The Morgan fingerprint density at radius 2 is 2.16 bits per heavy atom. The molecule has 0 radical (unpaired) electrons. The number of aromatic nitrogens is 3. The maximum Gasteiger partial charge on any atom is 0.186 e. The standard InChI is InChI=1S/C21H24N4O4S2/c1-14-8-20(24-25(14)21-4-2-3-7-29-21)23-15-5-6-17(18-10-22-13-30-18)19(9-15)31(26,27)16-11-28-12-16/h5-6,8-10,13,16,21H,2-4,7,11-12H2,1H3,(H,23,24)/i13D. The number of nitrogens with zero attached hydrogens (tertiary/aromatic N) is 3. The fraction of sp³-hybridized carbons (Fsp3) is 0.429. The number of thiazole rings is 1. The Bertz CT molecular complexity index is 1230. The van der Waals surface area contributed by atoms with E-state index in [1.54, 1.807) is 18.3 Å². The van der Waals surface area contributed by atoms with Gasteiger partial charge < -0.3 is 14.8 Å². The highest BCUT2D eigenvalue weighted by molar-refractivity contribution is 7.92. The van der Waals surface area contributed by atoms with Crippen molar-refractivity contribution in [1.29, 1.82) is 0 Å². The van der Waals surface area contributed by atoms with E-state index >= 15 is 0 Å². The molecule has 2 aliphatic heterocycles. The number of hydrogen-bond donors (Lipinski definition) is 1. The summed E-state index contributed by atoms with van der Waals surface area (Å²) in [5.41, 5.74) is 2.29. The van der Waals surface area contributed by atoms with Crippen molar-refractivity contribution in [2.24, 2.45) is 0 Å². The highest BCUT2D eigenvalue weighted by atomic mass is 32.2. The first kappa shape index (κ1) is 19.4. The first-order chi connectivity index (χ1) is 15.4. The Labute approximate surface area is 186 Å². The number of benzene rings is 1. The zero-order valence-electron chi connectivity index (χ0n) is 18.1. The number of nitrogens with one attached hydrogen (secondary N) is 1. The summed E-state index contributed by atoms with van der Waals surface area (Å²) in [6.07, 6.45) is 4.58. The number of sulfone groups is 1. The molecule has 4 heterocycles. The van der Waals surface area contributed by atoms with Crippen LogP contribution < -0.4 is 5.32 Å². The fourth-order valence-electron chi connectivity index (χ4n) is 3.83. The number of hydrogen-bond acceptors (Lipinski definition) is 8. The van der Waals surface area contributed by atoms with Crippen LogP contribution in [0.2, 0.25) is 0 Å². The van der Waals surface area contributed by atoms with Crippen molar-refractivity contribution in [3.8, 4) is 10.4 Å². The van der Waals surface area contributed by atoms with Crippen molar-refractivity contribution in [1.82, 2.24) is 14.8 Å². The molecule has 2 aliphatic rings. The zero-order valence-corrected chi connectivity index (χ0v) is 18.7. The molecule has 2 fully saturated rings. The van der Waals surface area contributed by atoms with Gasteiger partial charge >= 0.3 is 0 Å². The van der Waals surface area contributed by atoms with Gasteiger partial charge in [0, 0.05) is 35.8 Å². The second-order valence-electron chi connectivity index (χ2n) is 7.79. The minimum absolute atomic E-state index is 0.0679. The summed E-state index contributed by atoms with van der Waals surface area (Å²) >= 11 is 1.15. The van der Waals surface area contributed by atoms with E-state index in [2.05, 4.69) is 15.4 Å². The van der Waals surface area contributed by atoms with Gasteiger partial charge in [-0.15, -0.1) is 11.3 Å². The molecule has 10 heteroatoms. The predicted molar refractivity (Wildman–Crippen MR) is 118 cm³/mol. The van der Waals surface area contributed by atoms with Crippen LogP contribution in [0.4, 0.5) is 11.5 Å². The molecule has 0 bridgehead atoms. The summed E-state index contributed by atoms with van der Waals surface area (Å²) in [6, 6.07) is 7.14. The molecular weight excluding hydrogens is 436 g/mol. The smallest absolute Gasteiger partial charge is 0.186 e. The summed E-state index contributed by atoms with van der Waals surface area (Å²) in [7, 11) is -3.60. The molecule has 164 valence electrons. The van der Waals surface area contributed by atoms with Crippen LogP contribution in [0.3, 0.4) is 0 Å². The van der Waals surface area contributed by atoms with Gasteiger partial charge in [-0.05, 0) is 38.3 Å². The Morgan fingerprint density at radius 3 is 2.84 bits per heavy atom. The average molecular weight is 462 g/mol. The van der Waals surface area contributed by atoms with Gasteiger partial charge in [0.25, 0.3) is 0 Å². The van der Waals surface area contributed by atoms with Gasteiger partial charge in [-0.1, -0.05) is 6.07 Å². The minimum atomic E-state index is -3.60. The Kier molecular flexibility index (Phi) is 5.23. The van der Waals surface area contributed by atoms with Crippen LogP contribution in [0, 0.1) is 6.92 Å². The lowest BCUT2D eigenvalue weighted by Crippen LogP contribution is -2.40. The minimum Gasteiger partial charge on any atom is -0.379 e. The molecule has 2 aromatic heterocycles. The van der Waals surface area contributed by atoms with Crippen molar-refractivity contribution in [3.05, 3.63) is 41.6 Å². The summed E-state index contributed by atoms with van der Waals surface area (Å²) in [4.78, 5) is 4.83.